The summed E-state index contributed by atoms with van der Waals surface area (Å²) in [7, 11) is 1.91. The molecule has 4 nitrogen and oxygen atoms in total. The van der Waals surface area contributed by atoms with Gasteiger partial charge in [-0.15, -0.1) is 0 Å². The van der Waals surface area contributed by atoms with Crippen LogP contribution in [0.3, 0.4) is 0 Å². The standard InChI is InChI=1S/C24H22N4/c1-25-24-21-14-17(20-10-4-7-16-6-2-3-9-19(16)20)11-12-22(21)27-23(28-24)18-8-5-13-26-15-18/h4-5,7-8,10-15H,2-3,6,9H2,1H3,(H,25,27,28). The van der Waals surface area contributed by atoms with Gasteiger partial charge in [-0.25, -0.2) is 9.97 Å². The number of pyridine rings is 1. The monoisotopic (exact) mass is 366 g/mol. The van der Waals surface area contributed by atoms with Crippen molar-refractivity contribution in [2.75, 3.05) is 12.4 Å². The van der Waals surface area contributed by atoms with Crippen LogP contribution in [-0.2, 0) is 12.8 Å². The van der Waals surface area contributed by atoms with Gasteiger partial charge in [-0.2, -0.15) is 0 Å². The van der Waals surface area contributed by atoms with Gasteiger partial charge in [0.05, 0.1) is 5.52 Å². The molecule has 0 amide bonds. The van der Waals surface area contributed by atoms with Crippen LogP contribution < -0.4 is 5.32 Å². The van der Waals surface area contributed by atoms with Crippen molar-refractivity contribution in [1.29, 1.82) is 0 Å². The fourth-order valence-corrected chi connectivity index (χ4v) is 4.16. The maximum atomic E-state index is 4.79. The fourth-order valence-electron chi connectivity index (χ4n) is 4.16. The SMILES string of the molecule is CNc1nc(-c2cccnc2)nc2ccc(-c3cccc4c3CCCC4)cc12. The summed E-state index contributed by atoms with van der Waals surface area (Å²) >= 11 is 0. The third-order valence-corrected chi connectivity index (χ3v) is 5.56. The van der Waals surface area contributed by atoms with Crippen LogP contribution in [-0.4, -0.2) is 22.0 Å². The molecule has 0 unspecified atom stereocenters. The van der Waals surface area contributed by atoms with E-state index in [2.05, 4.69) is 46.7 Å². The first kappa shape index (κ1) is 16.9. The van der Waals surface area contributed by atoms with E-state index in [-0.39, 0.29) is 0 Å². The van der Waals surface area contributed by atoms with E-state index < -0.39 is 0 Å². The molecule has 2 heterocycles. The molecule has 1 N–H and O–H groups in total. The van der Waals surface area contributed by atoms with Crippen LogP contribution in [0.4, 0.5) is 5.82 Å². The smallest absolute Gasteiger partial charge is 0.163 e. The molecule has 28 heavy (non-hydrogen) atoms. The zero-order valence-electron chi connectivity index (χ0n) is 15.9. The Hall–Kier alpha value is -3.27. The van der Waals surface area contributed by atoms with Crippen LogP contribution in [0.5, 0.6) is 0 Å². The topological polar surface area (TPSA) is 50.7 Å². The second kappa shape index (κ2) is 7.04. The molecule has 0 saturated carbocycles. The van der Waals surface area contributed by atoms with Gasteiger partial charge in [-0.3, -0.25) is 4.98 Å². The van der Waals surface area contributed by atoms with Crippen molar-refractivity contribution >= 4 is 16.7 Å². The molecule has 0 bridgehead atoms. The molecule has 1 aliphatic carbocycles. The summed E-state index contributed by atoms with van der Waals surface area (Å²) < 4.78 is 0. The number of anilines is 1. The van der Waals surface area contributed by atoms with Gasteiger partial charge in [0.1, 0.15) is 5.82 Å². The van der Waals surface area contributed by atoms with Crippen molar-refractivity contribution in [1.82, 2.24) is 15.0 Å². The fraction of sp³-hybridized carbons (Fsp3) is 0.208. The van der Waals surface area contributed by atoms with Gasteiger partial charge in [-0.05, 0) is 72.2 Å². The lowest BCUT2D eigenvalue weighted by atomic mass is 9.86. The van der Waals surface area contributed by atoms with Crippen molar-refractivity contribution in [3.05, 3.63) is 72.1 Å². The van der Waals surface area contributed by atoms with Gasteiger partial charge in [0.2, 0.25) is 0 Å². The highest BCUT2D eigenvalue weighted by atomic mass is 15.0. The van der Waals surface area contributed by atoms with Crippen molar-refractivity contribution in [3.8, 4) is 22.5 Å². The molecule has 5 rings (SSSR count). The summed E-state index contributed by atoms with van der Waals surface area (Å²) in [5.74, 6) is 1.53. The zero-order valence-corrected chi connectivity index (χ0v) is 15.9. The maximum absolute atomic E-state index is 4.79. The van der Waals surface area contributed by atoms with E-state index in [1.165, 1.54) is 47.9 Å². The van der Waals surface area contributed by atoms with Crippen molar-refractivity contribution in [3.63, 3.8) is 0 Å². The third-order valence-electron chi connectivity index (χ3n) is 5.56. The summed E-state index contributed by atoms with van der Waals surface area (Å²) in [6, 6.07) is 17.1. The predicted molar refractivity (Wildman–Crippen MR) is 114 cm³/mol. The molecule has 0 spiro atoms. The molecule has 0 atom stereocenters. The Bertz CT molecular complexity index is 1150. The minimum Gasteiger partial charge on any atom is -0.373 e. The molecule has 0 fully saturated rings. The van der Waals surface area contributed by atoms with Crippen LogP contribution >= 0.6 is 0 Å². The Labute approximate surface area is 164 Å². The molecule has 2 aromatic heterocycles. The normalized spacial score (nSPS) is 13.3. The van der Waals surface area contributed by atoms with Crippen LogP contribution in [0.2, 0.25) is 0 Å². The summed E-state index contributed by atoms with van der Waals surface area (Å²) in [5, 5.41) is 4.29. The Morgan fingerprint density at radius 1 is 0.893 bits per heavy atom. The Morgan fingerprint density at radius 3 is 2.68 bits per heavy atom. The molecule has 2 aromatic carbocycles. The van der Waals surface area contributed by atoms with Crippen LogP contribution in [0, 0.1) is 0 Å². The van der Waals surface area contributed by atoms with Crippen molar-refractivity contribution in [2.45, 2.75) is 25.7 Å². The number of aryl methyl sites for hydroxylation is 1. The molecule has 1 aliphatic rings. The van der Waals surface area contributed by atoms with Gasteiger partial charge in [-0.1, -0.05) is 24.3 Å². The first-order valence-corrected chi connectivity index (χ1v) is 9.84. The largest absolute Gasteiger partial charge is 0.373 e. The lowest BCUT2D eigenvalue weighted by Crippen LogP contribution is -2.04. The third kappa shape index (κ3) is 2.91. The number of rotatable bonds is 3. The minimum atomic E-state index is 0.690. The number of nitrogens with zero attached hydrogens (tertiary/aromatic N) is 3. The van der Waals surface area contributed by atoms with E-state index in [9.17, 15) is 0 Å². The van der Waals surface area contributed by atoms with E-state index >= 15 is 0 Å². The average molecular weight is 366 g/mol. The number of nitrogens with one attached hydrogen (secondary N) is 1. The van der Waals surface area contributed by atoms with E-state index in [0.717, 1.165) is 22.3 Å². The highest BCUT2D eigenvalue weighted by Crippen LogP contribution is 2.34. The highest BCUT2D eigenvalue weighted by Gasteiger charge is 2.15. The quantitative estimate of drug-likeness (QED) is 0.536. The first-order chi connectivity index (χ1) is 13.8. The number of aromatic nitrogens is 3. The second-order valence-corrected chi connectivity index (χ2v) is 7.27. The molecule has 0 radical (unpaired) electrons. The van der Waals surface area contributed by atoms with Gasteiger partial charge < -0.3 is 5.32 Å². The zero-order chi connectivity index (χ0) is 18.9. The van der Waals surface area contributed by atoms with Crippen molar-refractivity contribution < 1.29 is 0 Å². The highest BCUT2D eigenvalue weighted by molar-refractivity contribution is 5.94. The van der Waals surface area contributed by atoms with Gasteiger partial charge in [0, 0.05) is 30.4 Å². The number of hydrogen-bond donors (Lipinski definition) is 1. The van der Waals surface area contributed by atoms with Gasteiger partial charge in [0.15, 0.2) is 5.82 Å². The number of fused-ring (bicyclic) bond motifs is 2. The Balaban J connectivity index is 1.66. The molecule has 4 aromatic rings. The van der Waals surface area contributed by atoms with E-state index in [1.807, 2.05) is 19.2 Å². The second-order valence-electron chi connectivity index (χ2n) is 7.27. The van der Waals surface area contributed by atoms with Gasteiger partial charge >= 0.3 is 0 Å². The average Bonchev–Trinajstić information content (AvgIpc) is 2.78. The van der Waals surface area contributed by atoms with Crippen LogP contribution in [0.25, 0.3) is 33.4 Å². The van der Waals surface area contributed by atoms with E-state index in [0.29, 0.717) is 5.82 Å². The first-order valence-electron chi connectivity index (χ1n) is 9.84. The Kier molecular flexibility index (Phi) is 4.24. The lowest BCUT2D eigenvalue weighted by molar-refractivity contribution is 0.687. The summed E-state index contributed by atoms with van der Waals surface area (Å²) in [4.78, 5) is 13.7. The van der Waals surface area contributed by atoms with Crippen LogP contribution in [0.15, 0.2) is 60.9 Å². The van der Waals surface area contributed by atoms with Gasteiger partial charge in [0.25, 0.3) is 0 Å². The molecule has 0 saturated heterocycles. The van der Waals surface area contributed by atoms with Crippen molar-refractivity contribution in [2.24, 2.45) is 0 Å². The summed E-state index contributed by atoms with van der Waals surface area (Å²) in [6.45, 7) is 0. The molecule has 0 aliphatic heterocycles. The number of benzene rings is 2. The summed E-state index contributed by atoms with van der Waals surface area (Å²) in [6.07, 6.45) is 8.48. The Morgan fingerprint density at radius 2 is 1.82 bits per heavy atom. The lowest BCUT2D eigenvalue weighted by Gasteiger charge is -2.20. The summed E-state index contributed by atoms with van der Waals surface area (Å²) in [5.41, 5.74) is 7.44. The maximum Gasteiger partial charge on any atom is 0.163 e. The molecule has 138 valence electrons. The van der Waals surface area contributed by atoms with E-state index in [4.69, 9.17) is 9.97 Å². The molecule has 4 heteroatoms. The molecular formula is C24H22N4. The van der Waals surface area contributed by atoms with Crippen LogP contribution in [0.1, 0.15) is 24.0 Å². The van der Waals surface area contributed by atoms with E-state index in [1.54, 1.807) is 12.4 Å². The molecular weight excluding hydrogens is 344 g/mol. The minimum absolute atomic E-state index is 0.690. The predicted octanol–water partition coefficient (Wildman–Crippen LogP) is 5.28. The number of hydrogen-bond acceptors (Lipinski definition) is 4.